The maximum absolute atomic E-state index is 12.2. The molecule has 0 fully saturated rings. The van der Waals surface area contributed by atoms with Crippen molar-refractivity contribution in [3.63, 3.8) is 0 Å². The van der Waals surface area contributed by atoms with Crippen molar-refractivity contribution in [1.29, 1.82) is 0 Å². The molecule has 0 aromatic carbocycles. The summed E-state index contributed by atoms with van der Waals surface area (Å²) in [6, 6.07) is 0. The van der Waals surface area contributed by atoms with Gasteiger partial charge in [-0.15, -0.1) is 11.0 Å². The van der Waals surface area contributed by atoms with Crippen molar-refractivity contribution < 1.29 is 22.7 Å². The molecular formula is C14H17N3O5S. The molecule has 2 rings (SSSR count). The number of carbonyl (C=O) groups is 2. The lowest BCUT2D eigenvalue weighted by molar-refractivity contribution is -0.150. The van der Waals surface area contributed by atoms with Crippen LogP contribution in [0.2, 0.25) is 0 Å². The Kier molecular flexibility index (Phi) is 4.99. The summed E-state index contributed by atoms with van der Waals surface area (Å²) in [5, 5.41) is 2.51. The van der Waals surface area contributed by atoms with Crippen LogP contribution >= 0.6 is 0 Å². The highest BCUT2D eigenvalue weighted by molar-refractivity contribution is 7.90. The van der Waals surface area contributed by atoms with Crippen LogP contribution in [0.1, 0.15) is 6.92 Å². The Balaban J connectivity index is 2.14. The molecule has 1 amide bonds. The number of hydrogen-bond acceptors (Lipinski definition) is 6. The van der Waals surface area contributed by atoms with E-state index in [-0.39, 0.29) is 30.3 Å². The monoisotopic (exact) mass is 339 g/mol. The van der Waals surface area contributed by atoms with Crippen molar-refractivity contribution in [2.24, 2.45) is 4.40 Å². The van der Waals surface area contributed by atoms with Gasteiger partial charge in [0, 0.05) is 19.3 Å². The summed E-state index contributed by atoms with van der Waals surface area (Å²) in [6.07, 6.45) is 5.11. The molecule has 2 heterocycles. The van der Waals surface area contributed by atoms with Crippen molar-refractivity contribution in [2.45, 2.75) is 13.0 Å². The maximum Gasteiger partial charge on any atom is 0.342 e. The second-order valence-electron chi connectivity index (χ2n) is 4.90. The number of sulfonamides is 1. The number of nitrogens with one attached hydrogen (secondary N) is 1. The molecule has 1 N–H and O–H groups in total. The number of allylic oxidation sites excluding steroid dienone is 2. The van der Waals surface area contributed by atoms with Crippen molar-refractivity contribution in [2.75, 3.05) is 18.8 Å². The third kappa shape index (κ3) is 4.07. The van der Waals surface area contributed by atoms with Crippen LogP contribution in [0.4, 0.5) is 0 Å². The van der Waals surface area contributed by atoms with Crippen molar-refractivity contribution in [1.82, 2.24) is 10.2 Å². The van der Waals surface area contributed by atoms with Crippen LogP contribution in [-0.4, -0.2) is 56.0 Å². The van der Waals surface area contributed by atoms with Crippen LogP contribution in [0.5, 0.6) is 0 Å². The van der Waals surface area contributed by atoms with Crippen LogP contribution < -0.4 is 5.32 Å². The standard InChI is InChI=1S/C14H17N3O5S/c1-3-6-15-13(18)10(2)22-14(19)11-5-4-7-17-8-9-23(20,21)16-12(11)17/h3-5,7,10H,1,6,8-9H2,2H3,(H,15,18)/t10-/m0/s1. The Morgan fingerprint density at radius 2 is 2.30 bits per heavy atom. The fraction of sp³-hybridized carbons (Fsp3) is 0.357. The van der Waals surface area contributed by atoms with E-state index in [1.54, 1.807) is 17.2 Å². The molecule has 1 atom stereocenters. The highest BCUT2D eigenvalue weighted by Crippen LogP contribution is 2.19. The van der Waals surface area contributed by atoms with E-state index in [2.05, 4.69) is 16.3 Å². The molecule has 124 valence electrons. The molecule has 0 aromatic heterocycles. The minimum Gasteiger partial charge on any atom is -0.449 e. The molecule has 0 spiro atoms. The minimum atomic E-state index is -3.60. The first-order valence-electron chi connectivity index (χ1n) is 6.92. The van der Waals surface area contributed by atoms with Gasteiger partial charge in [0.15, 0.2) is 11.9 Å². The molecule has 2 aliphatic rings. The first-order chi connectivity index (χ1) is 10.8. The van der Waals surface area contributed by atoms with Gasteiger partial charge in [0.2, 0.25) is 0 Å². The predicted octanol–water partition coefficient (Wildman–Crippen LogP) is -0.282. The Morgan fingerprint density at radius 3 is 3.00 bits per heavy atom. The zero-order valence-corrected chi connectivity index (χ0v) is 13.4. The van der Waals surface area contributed by atoms with Crippen LogP contribution in [0.25, 0.3) is 0 Å². The third-order valence-corrected chi connectivity index (χ3v) is 4.30. The van der Waals surface area contributed by atoms with Crippen LogP contribution in [-0.2, 0) is 24.3 Å². The predicted molar refractivity (Wildman–Crippen MR) is 83.9 cm³/mol. The zero-order chi connectivity index (χ0) is 17.0. The van der Waals surface area contributed by atoms with Crippen LogP contribution in [0.15, 0.2) is 41.0 Å². The maximum atomic E-state index is 12.2. The molecule has 0 bridgehead atoms. The Hall–Kier alpha value is -2.42. The van der Waals surface area contributed by atoms with Gasteiger partial charge in [0.05, 0.1) is 5.75 Å². The quantitative estimate of drug-likeness (QED) is 0.545. The summed E-state index contributed by atoms with van der Waals surface area (Å²) < 4.78 is 32.0. The number of fused-ring (bicyclic) bond motifs is 1. The van der Waals surface area contributed by atoms with Crippen LogP contribution in [0, 0.1) is 0 Å². The molecule has 9 heteroatoms. The van der Waals surface area contributed by atoms with Gasteiger partial charge in [-0.1, -0.05) is 6.08 Å². The van der Waals surface area contributed by atoms with E-state index in [0.29, 0.717) is 0 Å². The Bertz CT molecular complexity index is 721. The first kappa shape index (κ1) is 16.9. The molecule has 8 nitrogen and oxygen atoms in total. The van der Waals surface area contributed by atoms with E-state index in [1.807, 2.05) is 0 Å². The highest BCUT2D eigenvalue weighted by atomic mass is 32.2. The number of amides is 1. The van der Waals surface area contributed by atoms with E-state index in [9.17, 15) is 18.0 Å². The van der Waals surface area contributed by atoms with E-state index < -0.39 is 28.0 Å². The van der Waals surface area contributed by atoms with Gasteiger partial charge in [-0.3, -0.25) is 4.79 Å². The molecule has 0 aliphatic carbocycles. The number of nitrogens with zero attached hydrogens (tertiary/aromatic N) is 2. The number of hydrogen-bond donors (Lipinski definition) is 1. The summed E-state index contributed by atoms with van der Waals surface area (Å²) in [7, 11) is -3.60. The van der Waals surface area contributed by atoms with E-state index >= 15 is 0 Å². The molecule has 0 unspecified atom stereocenters. The number of rotatable bonds is 5. The molecule has 0 aromatic rings. The molecule has 0 saturated heterocycles. The first-order valence-corrected chi connectivity index (χ1v) is 8.52. The summed E-state index contributed by atoms with van der Waals surface area (Å²) in [5.74, 6) is -1.39. The average molecular weight is 339 g/mol. The Morgan fingerprint density at radius 1 is 1.57 bits per heavy atom. The highest BCUT2D eigenvalue weighted by Gasteiger charge is 2.32. The van der Waals surface area contributed by atoms with E-state index in [0.717, 1.165) is 0 Å². The summed E-state index contributed by atoms with van der Waals surface area (Å²) >= 11 is 0. The summed E-state index contributed by atoms with van der Waals surface area (Å²) in [5.41, 5.74) is -0.000791. The second-order valence-corrected chi connectivity index (χ2v) is 6.65. The number of amidine groups is 1. The molecule has 0 radical (unpaired) electrons. The SMILES string of the molecule is C=CCNC(=O)[C@H](C)OC(=O)C1=CC=CN2CCS(=O)(=O)N=C12. The Labute approximate surface area is 134 Å². The lowest BCUT2D eigenvalue weighted by atomic mass is 10.1. The topological polar surface area (TPSA) is 105 Å². The summed E-state index contributed by atoms with van der Waals surface area (Å²) in [6.45, 7) is 5.35. The van der Waals surface area contributed by atoms with Crippen molar-refractivity contribution in [3.8, 4) is 0 Å². The van der Waals surface area contributed by atoms with Crippen molar-refractivity contribution >= 4 is 27.7 Å². The molecule has 0 saturated carbocycles. The number of ether oxygens (including phenoxy) is 1. The van der Waals surface area contributed by atoms with Gasteiger partial charge in [-0.05, 0) is 19.1 Å². The number of carbonyl (C=O) groups excluding carboxylic acids is 2. The van der Waals surface area contributed by atoms with Crippen LogP contribution in [0.3, 0.4) is 0 Å². The molecule has 23 heavy (non-hydrogen) atoms. The fourth-order valence-corrected chi connectivity index (χ4v) is 2.95. The minimum absolute atomic E-state index is 0.000791. The van der Waals surface area contributed by atoms with Gasteiger partial charge < -0.3 is 15.0 Å². The molecular weight excluding hydrogens is 322 g/mol. The van der Waals surface area contributed by atoms with Gasteiger partial charge in [-0.2, -0.15) is 0 Å². The smallest absolute Gasteiger partial charge is 0.342 e. The van der Waals surface area contributed by atoms with Crippen molar-refractivity contribution in [3.05, 3.63) is 36.6 Å². The van der Waals surface area contributed by atoms with E-state index in [4.69, 9.17) is 4.74 Å². The van der Waals surface area contributed by atoms with Gasteiger partial charge in [0.1, 0.15) is 5.57 Å². The molecule has 2 aliphatic heterocycles. The number of esters is 1. The van der Waals surface area contributed by atoms with E-state index in [1.165, 1.54) is 19.1 Å². The zero-order valence-electron chi connectivity index (χ0n) is 12.6. The van der Waals surface area contributed by atoms with Gasteiger partial charge >= 0.3 is 5.97 Å². The van der Waals surface area contributed by atoms with Gasteiger partial charge in [-0.25, -0.2) is 13.2 Å². The third-order valence-electron chi connectivity index (χ3n) is 3.15. The average Bonchev–Trinajstić information content (AvgIpc) is 2.50. The lowest BCUT2D eigenvalue weighted by Crippen LogP contribution is -2.42. The fourth-order valence-electron chi connectivity index (χ4n) is 1.97. The largest absolute Gasteiger partial charge is 0.449 e. The summed E-state index contributed by atoms with van der Waals surface area (Å²) in [4.78, 5) is 25.5. The second kappa shape index (κ2) is 6.78. The lowest BCUT2D eigenvalue weighted by Gasteiger charge is -2.28. The van der Waals surface area contributed by atoms with Gasteiger partial charge in [0.25, 0.3) is 15.9 Å². The normalized spacial score (nSPS) is 19.8.